The number of methoxy groups -OCH3 is 1. The van der Waals surface area contributed by atoms with Crippen LogP contribution in [-0.2, 0) is 9.53 Å². The van der Waals surface area contributed by atoms with E-state index < -0.39 is 5.97 Å². The smallest absolute Gasteiger partial charge is 0.337 e. The van der Waals surface area contributed by atoms with Gasteiger partial charge in [-0.3, -0.25) is 14.5 Å². The molecule has 1 fully saturated rings. The van der Waals surface area contributed by atoms with Crippen LogP contribution in [0, 0.1) is 0 Å². The maximum absolute atomic E-state index is 12.4. The summed E-state index contributed by atoms with van der Waals surface area (Å²) in [5, 5.41) is 2.68. The highest BCUT2D eigenvalue weighted by Crippen LogP contribution is 2.32. The Kier molecular flexibility index (Phi) is 5.38. The maximum atomic E-state index is 12.4. The molecule has 2 aromatic carbocycles. The summed E-state index contributed by atoms with van der Waals surface area (Å²) in [6.45, 7) is 0.0500. The van der Waals surface area contributed by atoms with E-state index in [0.717, 1.165) is 22.2 Å². The van der Waals surface area contributed by atoms with Gasteiger partial charge in [0.2, 0.25) is 0 Å². The standard InChI is InChI=1S/C19H16N2O4S/c1-25-18(23)14-7-9-15(10-8-14)20-12-21-17(22)16(26-19(21)24)11-13-5-3-2-4-6-13/h2-11,20H,12H2,1H3/b16-11+. The fourth-order valence-corrected chi connectivity index (χ4v) is 3.19. The van der Waals surface area contributed by atoms with Gasteiger partial charge in [0, 0.05) is 5.69 Å². The number of ether oxygens (including phenoxy) is 1. The van der Waals surface area contributed by atoms with Crippen LogP contribution in [0.5, 0.6) is 0 Å². The predicted octanol–water partition coefficient (Wildman–Crippen LogP) is 3.58. The van der Waals surface area contributed by atoms with Gasteiger partial charge in [0.15, 0.2) is 0 Å². The number of esters is 1. The molecule has 0 radical (unpaired) electrons. The minimum atomic E-state index is -0.423. The first-order valence-electron chi connectivity index (χ1n) is 7.81. The van der Waals surface area contributed by atoms with Crippen molar-refractivity contribution in [2.75, 3.05) is 19.1 Å². The third kappa shape index (κ3) is 3.94. The fraction of sp³-hybridized carbons (Fsp3) is 0.105. The lowest BCUT2D eigenvalue weighted by Crippen LogP contribution is -2.33. The van der Waals surface area contributed by atoms with Crippen molar-refractivity contribution in [2.45, 2.75) is 0 Å². The Morgan fingerprint density at radius 2 is 1.81 bits per heavy atom. The molecule has 26 heavy (non-hydrogen) atoms. The molecule has 0 spiro atoms. The van der Waals surface area contributed by atoms with E-state index in [2.05, 4.69) is 10.1 Å². The second kappa shape index (κ2) is 7.88. The number of amides is 2. The lowest BCUT2D eigenvalue weighted by molar-refractivity contribution is -0.122. The maximum Gasteiger partial charge on any atom is 0.337 e. The molecule has 1 heterocycles. The molecule has 2 aromatic rings. The average molecular weight is 368 g/mol. The molecule has 0 aliphatic carbocycles. The Bertz CT molecular complexity index is 863. The molecule has 7 heteroatoms. The topological polar surface area (TPSA) is 75.7 Å². The van der Waals surface area contributed by atoms with Crippen molar-refractivity contribution in [1.29, 1.82) is 0 Å². The SMILES string of the molecule is COC(=O)c1ccc(NCN2C(=O)S/C(=C/c3ccccc3)C2=O)cc1. The highest BCUT2D eigenvalue weighted by atomic mass is 32.2. The minimum absolute atomic E-state index is 0.0500. The van der Waals surface area contributed by atoms with Crippen LogP contribution in [0.25, 0.3) is 6.08 Å². The molecule has 2 amide bonds. The normalized spacial score (nSPS) is 15.4. The van der Waals surface area contributed by atoms with Crippen LogP contribution in [0.2, 0.25) is 0 Å². The molecule has 0 aromatic heterocycles. The summed E-state index contributed by atoms with van der Waals surface area (Å²) in [5.74, 6) is -0.754. The summed E-state index contributed by atoms with van der Waals surface area (Å²) in [6.07, 6.45) is 1.70. The number of imide groups is 1. The molecular weight excluding hydrogens is 352 g/mol. The molecular formula is C19H16N2O4S. The zero-order valence-corrected chi connectivity index (χ0v) is 14.8. The summed E-state index contributed by atoms with van der Waals surface area (Å²) in [7, 11) is 1.32. The second-order valence-corrected chi connectivity index (χ2v) is 6.42. The van der Waals surface area contributed by atoms with Crippen molar-refractivity contribution in [2.24, 2.45) is 0 Å². The molecule has 1 aliphatic rings. The van der Waals surface area contributed by atoms with Crippen LogP contribution in [0.1, 0.15) is 15.9 Å². The lowest BCUT2D eigenvalue weighted by atomic mass is 10.2. The van der Waals surface area contributed by atoms with Crippen LogP contribution >= 0.6 is 11.8 Å². The van der Waals surface area contributed by atoms with Gasteiger partial charge in [0.1, 0.15) is 0 Å². The van der Waals surface area contributed by atoms with E-state index in [0.29, 0.717) is 16.2 Å². The molecule has 1 aliphatic heterocycles. The Hall–Kier alpha value is -3.06. The van der Waals surface area contributed by atoms with Gasteiger partial charge >= 0.3 is 5.97 Å². The molecule has 1 N–H and O–H groups in total. The first-order chi connectivity index (χ1) is 12.6. The molecule has 132 valence electrons. The number of hydrogen-bond donors (Lipinski definition) is 1. The minimum Gasteiger partial charge on any atom is -0.465 e. The summed E-state index contributed by atoms with van der Waals surface area (Å²) in [5.41, 5.74) is 1.98. The van der Waals surface area contributed by atoms with E-state index in [9.17, 15) is 14.4 Å². The van der Waals surface area contributed by atoms with Gasteiger partial charge in [0.25, 0.3) is 11.1 Å². The van der Waals surface area contributed by atoms with Gasteiger partial charge in [-0.25, -0.2) is 4.79 Å². The molecule has 0 saturated carbocycles. The van der Waals surface area contributed by atoms with Gasteiger partial charge < -0.3 is 10.1 Å². The lowest BCUT2D eigenvalue weighted by Gasteiger charge is -2.14. The molecule has 0 bridgehead atoms. The zero-order valence-electron chi connectivity index (χ0n) is 14.0. The molecule has 0 atom stereocenters. The van der Waals surface area contributed by atoms with Gasteiger partial charge in [0.05, 0.1) is 24.2 Å². The second-order valence-electron chi connectivity index (χ2n) is 5.42. The van der Waals surface area contributed by atoms with Crippen LogP contribution in [-0.4, -0.2) is 35.8 Å². The molecule has 6 nitrogen and oxygen atoms in total. The summed E-state index contributed by atoms with van der Waals surface area (Å²) in [4.78, 5) is 37.5. The average Bonchev–Trinajstić information content (AvgIpc) is 2.93. The highest BCUT2D eigenvalue weighted by Gasteiger charge is 2.34. The number of hydrogen-bond acceptors (Lipinski definition) is 6. The number of benzene rings is 2. The summed E-state index contributed by atoms with van der Waals surface area (Å²) < 4.78 is 4.64. The predicted molar refractivity (Wildman–Crippen MR) is 101 cm³/mol. The summed E-state index contributed by atoms with van der Waals surface area (Å²) >= 11 is 0.918. The highest BCUT2D eigenvalue weighted by molar-refractivity contribution is 8.18. The molecule has 3 rings (SSSR count). The first-order valence-corrected chi connectivity index (χ1v) is 8.63. The Labute approximate surface area is 154 Å². The van der Waals surface area contributed by atoms with Gasteiger partial charge in [-0.1, -0.05) is 30.3 Å². The summed E-state index contributed by atoms with van der Waals surface area (Å²) in [6, 6.07) is 16.0. The zero-order chi connectivity index (χ0) is 18.5. The van der Waals surface area contributed by atoms with E-state index in [1.807, 2.05) is 30.3 Å². The van der Waals surface area contributed by atoms with Crippen LogP contribution in [0.4, 0.5) is 10.5 Å². The van der Waals surface area contributed by atoms with Gasteiger partial charge in [-0.15, -0.1) is 0 Å². The van der Waals surface area contributed by atoms with Crippen molar-refractivity contribution < 1.29 is 19.1 Å². The van der Waals surface area contributed by atoms with Crippen molar-refractivity contribution in [3.63, 3.8) is 0 Å². The van der Waals surface area contributed by atoms with Gasteiger partial charge in [-0.2, -0.15) is 0 Å². The number of thioether (sulfide) groups is 1. The van der Waals surface area contributed by atoms with E-state index in [-0.39, 0.29) is 17.8 Å². The van der Waals surface area contributed by atoms with E-state index in [4.69, 9.17) is 0 Å². The van der Waals surface area contributed by atoms with Crippen LogP contribution in [0.3, 0.4) is 0 Å². The number of nitrogens with one attached hydrogen (secondary N) is 1. The number of rotatable bonds is 5. The number of carbonyl (C=O) groups excluding carboxylic acids is 3. The number of carbonyl (C=O) groups is 3. The van der Waals surface area contributed by atoms with Crippen LogP contribution in [0.15, 0.2) is 59.5 Å². The Morgan fingerprint density at radius 1 is 1.12 bits per heavy atom. The largest absolute Gasteiger partial charge is 0.465 e. The molecule has 0 unspecified atom stereocenters. The number of anilines is 1. The van der Waals surface area contributed by atoms with Gasteiger partial charge in [-0.05, 0) is 47.7 Å². The van der Waals surface area contributed by atoms with Crippen molar-refractivity contribution in [3.05, 3.63) is 70.6 Å². The van der Waals surface area contributed by atoms with E-state index in [1.165, 1.54) is 7.11 Å². The first kappa shape index (κ1) is 17.8. The van der Waals surface area contributed by atoms with Crippen molar-refractivity contribution in [3.8, 4) is 0 Å². The Balaban J connectivity index is 1.65. The molecule has 1 saturated heterocycles. The van der Waals surface area contributed by atoms with Crippen molar-refractivity contribution in [1.82, 2.24) is 4.90 Å². The van der Waals surface area contributed by atoms with E-state index >= 15 is 0 Å². The quantitative estimate of drug-likeness (QED) is 0.642. The monoisotopic (exact) mass is 368 g/mol. The third-order valence-electron chi connectivity index (χ3n) is 3.72. The Morgan fingerprint density at radius 3 is 2.46 bits per heavy atom. The fourth-order valence-electron chi connectivity index (χ4n) is 2.35. The third-order valence-corrected chi connectivity index (χ3v) is 4.63. The van der Waals surface area contributed by atoms with Crippen LogP contribution < -0.4 is 5.32 Å². The van der Waals surface area contributed by atoms with Crippen molar-refractivity contribution >= 4 is 40.6 Å². The van der Waals surface area contributed by atoms with E-state index in [1.54, 1.807) is 30.3 Å². The number of nitrogens with zero attached hydrogens (tertiary/aromatic N) is 1.